The Kier molecular flexibility index (Phi) is 5.46. The van der Waals surface area contributed by atoms with Gasteiger partial charge in [-0.1, -0.05) is 24.3 Å². The Morgan fingerprint density at radius 3 is 2.62 bits per heavy atom. The zero-order chi connectivity index (χ0) is 26.1. The number of carbonyl (C=O) groups excluding carboxylic acids is 1. The average Bonchev–Trinajstić information content (AvgIpc) is 3.31. The van der Waals surface area contributed by atoms with Crippen LogP contribution >= 0.6 is 7.14 Å². The third kappa shape index (κ3) is 4.11. The summed E-state index contributed by atoms with van der Waals surface area (Å²) in [4.78, 5) is 17.6. The molecule has 1 amide bonds. The fraction of sp³-hybridized carbons (Fsp3) is 0.259. The molecule has 2 atom stereocenters. The molecule has 1 N–H and O–H groups in total. The molecule has 4 aromatic rings. The Morgan fingerprint density at radius 1 is 1.14 bits per heavy atom. The van der Waals surface area contributed by atoms with Gasteiger partial charge in [-0.25, -0.2) is 9.37 Å². The van der Waals surface area contributed by atoms with Gasteiger partial charge >= 0.3 is 6.61 Å². The van der Waals surface area contributed by atoms with Gasteiger partial charge in [0.1, 0.15) is 17.4 Å². The molecule has 2 aliphatic rings. The predicted molar refractivity (Wildman–Crippen MR) is 134 cm³/mol. The fourth-order valence-electron chi connectivity index (χ4n) is 5.45. The highest BCUT2D eigenvalue weighted by Gasteiger charge is 2.42. The number of nitrogens with zero attached hydrogens (tertiary/aromatic N) is 2. The van der Waals surface area contributed by atoms with Crippen molar-refractivity contribution >= 4 is 24.1 Å². The number of carbonyl (C=O) groups is 1. The normalized spacial score (nSPS) is 18.5. The van der Waals surface area contributed by atoms with E-state index in [1.54, 1.807) is 31.5 Å². The third-order valence-electron chi connectivity index (χ3n) is 6.90. The van der Waals surface area contributed by atoms with Crippen LogP contribution in [0.25, 0.3) is 22.2 Å². The van der Waals surface area contributed by atoms with E-state index >= 15 is 0 Å². The van der Waals surface area contributed by atoms with Crippen molar-refractivity contribution in [2.45, 2.75) is 31.3 Å². The van der Waals surface area contributed by atoms with Crippen LogP contribution in [0.1, 0.15) is 45.8 Å². The first-order valence-corrected chi connectivity index (χ1v) is 14.6. The standard InChI is InChI=1S/C27H23F3N3O3P/c1-37(2,35)13-16-7-6-14(10-18(16)28)15-8-9-19-21(11-15)33-22-12-20(25(33)31-19)32-26(34)17-4-3-5-23(24(17)22)36-27(29)30/h3-11,20,22,27H,12-13H2,1-2H3,(H,32,34). The van der Waals surface area contributed by atoms with E-state index in [4.69, 9.17) is 9.72 Å². The number of hydrogen-bond donors (Lipinski definition) is 1. The van der Waals surface area contributed by atoms with Gasteiger partial charge < -0.3 is 19.2 Å². The molecule has 37 heavy (non-hydrogen) atoms. The van der Waals surface area contributed by atoms with Crippen molar-refractivity contribution in [2.75, 3.05) is 13.3 Å². The lowest BCUT2D eigenvalue weighted by Gasteiger charge is -2.21. The Balaban J connectivity index is 1.48. The molecule has 6 rings (SSSR count). The highest BCUT2D eigenvalue weighted by molar-refractivity contribution is 7.61. The quantitative estimate of drug-likeness (QED) is 0.309. The molecule has 3 aromatic carbocycles. The minimum absolute atomic E-state index is 0.0408. The molecule has 0 saturated heterocycles. The van der Waals surface area contributed by atoms with Gasteiger partial charge in [0.05, 0.1) is 30.3 Å². The molecule has 1 aromatic heterocycles. The maximum absolute atomic E-state index is 14.9. The number of amides is 1. The van der Waals surface area contributed by atoms with Crippen LogP contribution < -0.4 is 10.1 Å². The number of alkyl halides is 2. The molecule has 2 aliphatic heterocycles. The van der Waals surface area contributed by atoms with Gasteiger partial charge in [0.2, 0.25) is 0 Å². The maximum atomic E-state index is 14.9. The van der Waals surface area contributed by atoms with Crippen LogP contribution in [0.5, 0.6) is 5.75 Å². The molecule has 2 bridgehead atoms. The third-order valence-corrected chi connectivity index (χ3v) is 8.00. The van der Waals surface area contributed by atoms with Gasteiger partial charge in [-0.2, -0.15) is 8.78 Å². The Morgan fingerprint density at radius 2 is 1.89 bits per heavy atom. The van der Waals surface area contributed by atoms with Crippen molar-refractivity contribution in [3.63, 3.8) is 0 Å². The number of halogens is 3. The largest absolute Gasteiger partial charge is 0.434 e. The van der Waals surface area contributed by atoms with Crippen LogP contribution in [0.4, 0.5) is 13.2 Å². The summed E-state index contributed by atoms with van der Waals surface area (Å²) in [6.45, 7) is 0.226. The SMILES string of the molecule is CP(C)(=O)Cc1ccc(-c2ccc3nc4n(c3c2)C2CC4NC(=O)c3cccc(OC(F)F)c32)cc1F. The minimum atomic E-state index is -3.03. The first-order chi connectivity index (χ1) is 17.6. The molecule has 6 nitrogen and oxygen atoms in total. The predicted octanol–water partition coefficient (Wildman–Crippen LogP) is 6.34. The summed E-state index contributed by atoms with van der Waals surface area (Å²) in [5.41, 5.74) is 3.90. The number of hydrogen-bond acceptors (Lipinski definition) is 4. The lowest BCUT2D eigenvalue weighted by atomic mass is 9.97. The number of rotatable bonds is 5. The average molecular weight is 525 g/mol. The number of ether oxygens (including phenoxy) is 1. The van der Waals surface area contributed by atoms with E-state index in [0.717, 1.165) is 11.1 Å². The first kappa shape index (κ1) is 23.8. The summed E-state index contributed by atoms with van der Waals surface area (Å²) in [6.07, 6.45) is 0.633. The second kappa shape index (κ2) is 8.48. The van der Waals surface area contributed by atoms with Crippen LogP contribution in [0.15, 0.2) is 54.6 Å². The number of benzene rings is 3. The summed E-state index contributed by atoms with van der Waals surface area (Å²) in [5.74, 6) is -0.189. The Bertz CT molecular complexity index is 1630. The van der Waals surface area contributed by atoms with Crippen molar-refractivity contribution in [3.05, 3.63) is 82.9 Å². The number of imidazole rings is 1. The summed E-state index contributed by atoms with van der Waals surface area (Å²) in [5, 5.41) is 2.96. The monoisotopic (exact) mass is 525 g/mol. The topological polar surface area (TPSA) is 73.2 Å². The number of fused-ring (bicyclic) bond motifs is 9. The van der Waals surface area contributed by atoms with E-state index in [0.29, 0.717) is 34.5 Å². The number of nitrogens with one attached hydrogen (secondary N) is 1. The molecule has 0 fully saturated rings. The lowest BCUT2D eigenvalue weighted by Crippen LogP contribution is -2.28. The summed E-state index contributed by atoms with van der Waals surface area (Å²) in [6, 6.07) is 14.2. The van der Waals surface area contributed by atoms with E-state index in [-0.39, 0.29) is 23.4 Å². The van der Waals surface area contributed by atoms with Crippen molar-refractivity contribution in [1.82, 2.24) is 14.9 Å². The highest BCUT2D eigenvalue weighted by atomic mass is 31.2. The second-order valence-electron chi connectivity index (χ2n) is 9.96. The van der Waals surface area contributed by atoms with Crippen molar-refractivity contribution in [2.24, 2.45) is 0 Å². The zero-order valence-corrected chi connectivity index (χ0v) is 20.9. The molecule has 10 heteroatoms. The van der Waals surface area contributed by atoms with E-state index in [9.17, 15) is 22.5 Å². The molecule has 0 aliphatic carbocycles. The van der Waals surface area contributed by atoms with Gasteiger partial charge in [0, 0.05) is 17.3 Å². The van der Waals surface area contributed by atoms with Gasteiger partial charge in [-0.15, -0.1) is 0 Å². The summed E-state index contributed by atoms with van der Waals surface area (Å²) < 4.78 is 60.2. The fourth-order valence-corrected chi connectivity index (χ4v) is 6.53. The van der Waals surface area contributed by atoms with Crippen LogP contribution in [-0.4, -0.2) is 35.4 Å². The molecular formula is C27H23F3N3O3P. The Hall–Kier alpha value is -3.58. The summed E-state index contributed by atoms with van der Waals surface area (Å²) >= 11 is 0. The first-order valence-electron chi connectivity index (χ1n) is 11.8. The lowest BCUT2D eigenvalue weighted by molar-refractivity contribution is -0.0507. The molecule has 0 saturated carbocycles. The van der Waals surface area contributed by atoms with E-state index in [1.807, 2.05) is 22.8 Å². The molecule has 190 valence electrons. The highest BCUT2D eigenvalue weighted by Crippen LogP contribution is 2.48. The van der Waals surface area contributed by atoms with Crippen molar-refractivity contribution in [1.29, 1.82) is 0 Å². The number of aromatic nitrogens is 2. The zero-order valence-electron chi connectivity index (χ0n) is 20.0. The van der Waals surface area contributed by atoms with Crippen LogP contribution in [-0.2, 0) is 10.7 Å². The smallest absolute Gasteiger partial charge is 0.387 e. The maximum Gasteiger partial charge on any atom is 0.387 e. The minimum Gasteiger partial charge on any atom is -0.434 e. The molecule has 2 unspecified atom stereocenters. The second-order valence-corrected chi connectivity index (χ2v) is 13.4. The van der Waals surface area contributed by atoms with Crippen LogP contribution in [0, 0.1) is 5.82 Å². The van der Waals surface area contributed by atoms with Gasteiger partial charge in [-0.05, 0) is 66.8 Å². The van der Waals surface area contributed by atoms with E-state index < -0.39 is 31.7 Å². The Labute approximate surface area is 210 Å². The van der Waals surface area contributed by atoms with Gasteiger partial charge in [0.15, 0.2) is 0 Å². The van der Waals surface area contributed by atoms with Crippen molar-refractivity contribution in [3.8, 4) is 16.9 Å². The van der Waals surface area contributed by atoms with Crippen LogP contribution in [0.3, 0.4) is 0 Å². The molecule has 3 heterocycles. The van der Waals surface area contributed by atoms with E-state index in [2.05, 4.69) is 5.32 Å². The van der Waals surface area contributed by atoms with Crippen LogP contribution in [0.2, 0.25) is 0 Å². The molecule has 0 spiro atoms. The molecular weight excluding hydrogens is 502 g/mol. The molecule has 0 radical (unpaired) electrons. The summed E-state index contributed by atoms with van der Waals surface area (Å²) in [7, 11) is -2.43. The van der Waals surface area contributed by atoms with Crippen molar-refractivity contribution < 1.29 is 27.3 Å². The van der Waals surface area contributed by atoms with Gasteiger partial charge in [0.25, 0.3) is 5.91 Å². The van der Waals surface area contributed by atoms with Gasteiger partial charge in [-0.3, -0.25) is 4.79 Å². The van der Waals surface area contributed by atoms with E-state index in [1.165, 1.54) is 18.2 Å².